The standard InChI is InChI=1S/C20H20N4O2S/c1-12(13-4-6-16-17(10-13)27-19(25)22-16)15-8-9-24(23-15)18-7-5-14(11-21-18)20(2,3)26/h4-12,26H,1-3H3,(H,22,25). The first-order valence-electron chi connectivity index (χ1n) is 8.69. The second-order valence-corrected chi connectivity index (χ2v) is 8.16. The molecule has 7 heteroatoms. The van der Waals surface area contributed by atoms with Crippen LogP contribution in [0.4, 0.5) is 0 Å². The van der Waals surface area contributed by atoms with Crippen LogP contribution in [0.1, 0.15) is 43.5 Å². The SMILES string of the molecule is CC(c1ccc2[nH]c(=O)sc2c1)c1ccn(-c2ccc(C(C)(C)O)cn2)n1. The Bertz CT molecular complexity index is 1150. The van der Waals surface area contributed by atoms with Gasteiger partial charge in [-0.1, -0.05) is 30.4 Å². The number of hydrogen-bond acceptors (Lipinski definition) is 5. The highest BCUT2D eigenvalue weighted by Crippen LogP contribution is 2.27. The van der Waals surface area contributed by atoms with Crippen LogP contribution in [0, 0.1) is 0 Å². The number of H-pyrrole nitrogens is 1. The second-order valence-electron chi connectivity index (χ2n) is 7.14. The van der Waals surface area contributed by atoms with Crippen molar-refractivity contribution in [2.75, 3.05) is 0 Å². The summed E-state index contributed by atoms with van der Waals surface area (Å²) in [5.74, 6) is 0.782. The summed E-state index contributed by atoms with van der Waals surface area (Å²) in [5.41, 5.74) is 2.73. The van der Waals surface area contributed by atoms with Gasteiger partial charge >= 0.3 is 4.87 Å². The number of pyridine rings is 1. The Hall–Kier alpha value is -2.77. The zero-order valence-corrected chi connectivity index (χ0v) is 16.1. The third-order valence-electron chi connectivity index (χ3n) is 4.69. The van der Waals surface area contributed by atoms with Gasteiger partial charge in [0.25, 0.3) is 0 Å². The van der Waals surface area contributed by atoms with Gasteiger partial charge in [-0.3, -0.25) is 4.79 Å². The molecule has 6 nitrogen and oxygen atoms in total. The lowest BCUT2D eigenvalue weighted by Crippen LogP contribution is -2.16. The van der Waals surface area contributed by atoms with E-state index in [0.717, 1.165) is 27.0 Å². The van der Waals surface area contributed by atoms with Gasteiger partial charge in [0, 0.05) is 23.9 Å². The Kier molecular flexibility index (Phi) is 4.20. The van der Waals surface area contributed by atoms with Gasteiger partial charge < -0.3 is 10.1 Å². The zero-order valence-electron chi connectivity index (χ0n) is 15.3. The number of aliphatic hydroxyl groups is 1. The molecule has 4 rings (SSSR count). The van der Waals surface area contributed by atoms with E-state index in [1.165, 1.54) is 11.3 Å². The van der Waals surface area contributed by atoms with Gasteiger partial charge in [0.05, 0.1) is 21.5 Å². The van der Waals surface area contributed by atoms with Crippen molar-refractivity contribution < 1.29 is 5.11 Å². The van der Waals surface area contributed by atoms with Gasteiger partial charge in [0.2, 0.25) is 0 Å². The van der Waals surface area contributed by atoms with Crippen molar-refractivity contribution in [2.45, 2.75) is 32.3 Å². The molecule has 3 aromatic heterocycles. The summed E-state index contributed by atoms with van der Waals surface area (Å²) >= 11 is 1.22. The summed E-state index contributed by atoms with van der Waals surface area (Å²) in [6.45, 7) is 5.55. The van der Waals surface area contributed by atoms with E-state index < -0.39 is 5.60 Å². The Balaban J connectivity index is 1.61. The molecule has 3 heterocycles. The average Bonchev–Trinajstić information content (AvgIpc) is 3.25. The number of rotatable bonds is 4. The highest BCUT2D eigenvalue weighted by Gasteiger charge is 2.17. The minimum absolute atomic E-state index is 0.0420. The van der Waals surface area contributed by atoms with Crippen molar-refractivity contribution in [1.82, 2.24) is 19.7 Å². The van der Waals surface area contributed by atoms with E-state index in [4.69, 9.17) is 0 Å². The lowest BCUT2D eigenvalue weighted by atomic mass is 9.98. The fraction of sp³-hybridized carbons (Fsp3) is 0.250. The van der Waals surface area contributed by atoms with Crippen LogP contribution in [0.25, 0.3) is 16.0 Å². The smallest absolute Gasteiger partial charge is 0.305 e. The molecule has 0 spiro atoms. The van der Waals surface area contributed by atoms with Crippen molar-refractivity contribution in [3.8, 4) is 5.82 Å². The predicted octanol–water partition coefficient (Wildman–Crippen LogP) is 3.55. The molecule has 0 aliphatic rings. The summed E-state index contributed by atoms with van der Waals surface area (Å²) in [6.07, 6.45) is 3.55. The first kappa shape index (κ1) is 17.6. The fourth-order valence-corrected chi connectivity index (χ4v) is 3.77. The van der Waals surface area contributed by atoms with E-state index in [0.29, 0.717) is 5.82 Å². The van der Waals surface area contributed by atoms with E-state index in [-0.39, 0.29) is 10.8 Å². The van der Waals surface area contributed by atoms with Gasteiger partial charge in [-0.25, -0.2) is 9.67 Å². The molecule has 138 valence electrons. The summed E-state index contributed by atoms with van der Waals surface area (Å²) in [5, 5.41) is 14.7. The highest BCUT2D eigenvalue weighted by molar-refractivity contribution is 7.16. The number of aromatic amines is 1. The second kappa shape index (κ2) is 6.44. The van der Waals surface area contributed by atoms with Crippen LogP contribution < -0.4 is 4.87 Å². The van der Waals surface area contributed by atoms with Crippen LogP contribution >= 0.6 is 11.3 Å². The molecule has 4 aromatic rings. The molecule has 1 aromatic carbocycles. The van der Waals surface area contributed by atoms with Crippen LogP contribution in [0.2, 0.25) is 0 Å². The summed E-state index contributed by atoms with van der Waals surface area (Å²) < 4.78 is 2.68. The average molecular weight is 380 g/mol. The fourth-order valence-electron chi connectivity index (χ4n) is 2.98. The summed E-state index contributed by atoms with van der Waals surface area (Å²) in [6, 6.07) is 11.7. The minimum atomic E-state index is -0.920. The van der Waals surface area contributed by atoms with E-state index in [9.17, 15) is 9.90 Å². The maximum Gasteiger partial charge on any atom is 0.305 e. The van der Waals surface area contributed by atoms with Gasteiger partial charge in [0.15, 0.2) is 5.82 Å². The van der Waals surface area contributed by atoms with E-state index in [1.54, 1.807) is 24.7 Å². The van der Waals surface area contributed by atoms with Crippen LogP contribution in [-0.4, -0.2) is 24.9 Å². The molecule has 0 aliphatic heterocycles. The van der Waals surface area contributed by atoms with Crippen molar-refractivity contribution in [3.05, 3.63) is 75.3 Å². The number of nitrogens with one attached hydrogen (secondary N) is 1. The molecule has 0 saturated carbocycles. The van der Waals surface area contributed by atoms with Crippen LogP contribution in [0.3, 0.4) is 0 Å². The van der Waals surface area contributed by atoms with Gasteiger partial charge in [-0.2, -0.15) is 5.10 Å². The molecule has 0 amide bonds. The largest absolute Gasteiger partial charge is 0.386 e. The predicted molar refractivity (Wildman–Crippen MR) is 107 cm³/mol. The van der Waals surface area contributed by atoms with Crippen molar-refractivity contribution in [3.63, 3.8) is 0 Å². The molecule has 0 bridgehead atoms. The molecule has 0 fully saturated rings. The molecule has 27 heavy (non-hydrogen) atoms. The third-order valence-corrected chi connectivity index (χ3v) is 5.53. The Morgan fingerprint density at radius 3 is 2.74 bits per heavy atom. The molecule has 0 saturated heterocycles. The maximum atomic E-state index is 11.5. The lowest BCUT2D eigenvalue weighted by molar-refractivity contribution is 0.0782. The number of aromatic nitrogens is 4. The number of thiazole rings is 1. The normalized spacial score (nSPS) is 13.2. The number of hydrogen-bond donors (Lipinski definition) is 2. The zero-order chi connectivity index (χ0) is 19.2. The van der Waals surface area contributed by atoms with Crippen LogP contribution in [0.5, 0.6) is 0 Å². The van der Waals surface area contributed by atoms with Crippen molar-refractivity contribution in [2.24, 2.45) is 0 Å². The Morgan fingerprint density at radius 2 is 2.04 bits per heavy atom. The maximum absolute atomic E-state index is 11.5. The first-order valence-corrected chi connectivity index (χ1v) is 9.50. The minimum Gasteiger partial charge on any atom is -0.386 e. The quantitative estimate of drug-likeness (QED) is 0.567. The molecule has 0 aliphatic carbocycles. The lowest BCUT2D eigenvalue weighted by Gasteiger charge is -2.17. The van der Waals surface area contributed by atoms with Crippen LogP contribution in [-0.2, 0) is 5.60 Å². The van der Waals surface area contributed by atoms with Crippen molar-refractivity contribution >= 4 is 21.6 Å². The molecule has 2 N–H and O–H groups in total. The Labute approximate surface area is 160 Å². The number of fused-ring (bicyclic) bond motifs is 1. The number of nitrogens with zero attached hydrogens (tertiary/aromatic N) is 3. The van der Waals surface area contributed by atoms with E-state index in [2.05, 4.69) is 22.0 Å². The molecule has 1 atom stereocenters. The monoisotopic (exact) mass is 380 g/mol. The third kappa shape index (κ3) is 3.43. The van der Waals surface area contributed by atoms with Gasteiger partial charge in [0.1, 0.15) is 0 Å². The molecular weight excluding hydrogens is 360 g/mol. The summed E-state index contributed by atoms with van der Waals surface area (Å²) in [7, 11) is 0. The van der Waals surface area contributed by atoms with Crippen LogP contribution in [0.15, 0.2) is 53.6 Å². The number of benzene rings is 1. The molecule has 0 radical (unpaired) electrons. The molecule has 1 unspecified atom stereocenters. The first-order chi connectivity index (χ1) is 12.8. The van der Waals surface area contributed by atoms with Gasteiger partial charge in [-0.15, -0.1) is 0 Å². The highest BCUT2D eigenvalue weighted by atomic mass is 32.1. The topological polar surface area (TPSA) is 83.8 Å². The van der Waals surface area contributed by atoms with E-state index in [1.807, 2.05) is 42.6 Å². The van der Waals surface area contributed by atoms with E-state index >= 15 is 0 Å². The van der Waals surface area contributed by atoms with Crippen molar-refractivity contribution in [1.29, 1.82) is 0 Å². The van der Waals surface area contributed by atoms with Gasteiger partial charge in [-0.05, 0) is 43.7 Å². The summed E-state index contributed by atoms with van der Waals surface area (Å²) in [4.78, 5) is 18.7. The molecular formula is C20H20N4O2S. The Morgan fingerprint density at radius 1 is 1.22 bits per heavy atom.